The summed E-state index contributed by atoms with van der Waals surface area (Å²) in [6.45, 7) is 0. The van der Waals surface area contributed by atoms with Crippen molar-refractivity contribution in [2.45, 2.75) is 37.9 Å². The van der Waals surface area contributed by atoms with Crippen molar-refractivity contribution in [3.63, 3.8) is 0 Å². The molecule has 0 saturated heterocycles. The molecule has 2 aliphatic rings. The van der Waals surface area contributed by atoms with Crippen LogP contribution in [0.5, 0.6) is 0 Å². The van der Waals surface area contributed by atoms with Crippen molar-refractivity contribution in [1.29, 1.82) is 0 Å². The standard InChI is InChI=1S/C10H16O2/c11-9-5-6-10(12)8-4-2-1-3-7(8)9/h1-2,7-12H,3-6H2/t7-,8-,9+,10+/m1/s1. The highest BCUT2D eigenvalue weighted by Gasteiger charge is 2.37. The number of aliphatic hydroxyl groups is 2. The van der Waals surface area contributed by atoms with Crippen molar-refractivity contribution in [2.24, 2.45) is 11.8 Å². The van der Waals surface area contributed by atoms with Gasteiger partial charge in [0.15, 0.2) is 0 Å². The normalized spacial score (nSPS) is 47.2. The van der Waals surface area contributed by atoms with Crippen LogP contribution < -0.4 is 0 Å². The molecule has 0 bridgehead atoms. The Kier molecular flexibility index (Phi) is 2.20. The number of rotatable bonds is 0. The van der Waals surface area contributed by atoms with E-state index in [0.29, 0.717) is 11.8 Å². The fourth-order valence-corrected chi connectivity index (χ4v) is 2.51. The van der Waals surface area contributed by atoms with Crippen LogP contribution in [0.3, 0.4) is 0 Å². The number of fused-ring (bicyclic) bond motifs is 1. The molecular weight excluding hydrogens is 152 g/mol. The Labute approximate surface area is 72.9 Å². The number of aliphatic hydroxyl groups excluding tert-OH is 2. The van der Waals surface area contributed by atoms with Crippen molar-refractivity contribution < 1.29 is 10.2 Å². The van der Waals surface area contributed by atoms with E-state index in [4.69, 9.17) is 0 Å². The summed E-state index contributed by atoms with van der Waals surface area (Å²) in [5, 5.41) is 19.4. The van der Waals surface area contributed by atoms with E-state index in [2.05, 4.69) is 12.2 Å². The summed E-state index contributed by atoms with van der Waals surface area (Å²) in [5.74, 6) is 0.637. The zero-order chi connectivity index (χ0) is 8.55. The van der Waals surface area contributed by atoms with E-state index in [1.54, 1.807) is 0 Å². The first-order valence-corrected chi connectivity index (χ1v) is 4.80. The topological polar surface area (TPSA) is 40.5 Å². The first kappa shape index (κ1) is 8.27. The van der Waals surface area contributed by atoms with Gasteiger partial charge in [-0.05, 0) is 37.5 Å². The summed E-state index contributed by atoms with van der Waals surface area (Å²) in [6.07, 6.45) is 7.34. The molecule has 0 amide bonds. The molecule has 1 saturated carbocycles. The van der Waals surface area contributed by atoms with Gasteiger partial charge in [-0.3, -0.25) is 0 Å². The Morgan fingerprint density at radius 2 is 1.25 bits per heavy atom. The predicted molar refractivity (Wildman–Crippen MR) is 46.6 cm³/mol. The molecule has 2 N–H and O–H groups in total. The minimum Gasteiger partial charge on any atom is -0.393 e. The van der Waals surface area contributed by atoms with Crippen molar-refractivity contribution in [3.8, 4) is 0 Å². The Balaban J connectivity index is 2.12. The van der Waals surface area contributed by atoms with E-state index in [9.17, 15) is 10.2 Å². The van der Waals surface area contributed by atoms with Crippen LogP contribution in [-0.4, -0.2) is 22.4 Å². The molecule has 1 fully saturated rings. The van der Waals surface area contributed by atoms with Crippen molar-refractivity contribution in [1.82, 2.24) is 0 Å². The fraction of sp³-hybridized carbons (Fsp3) is 0.800. The average Bonchev–Trinajstić information content (AvgIpc) is 2.12. The third-order valence-corrected chi connectivity index (χ3v) is 3.28. The lowest BCUT2D eigenvalue weighted by atomic mass is 9.70. The lowest BCUT2D eigenvalue weighted by Gasteiger charge is -2.39. The van der Waals surface area contributed by atoms with Crippen LogP contribution in [0.4, 0.5) is 0 Å². The van der Waals surface area contributed by atoms with Crippen LogP contribution in [-0.2, 0) is 0 Å². The molecule has 0 aromatic carbocycles. The average molecular weight is 168 g/mol. The third-order valence-electron chi connectivity index (χ3n) is 3.28. The second kappa shape index (κ2) is 3.19. The van der Waals surface area contributed by atoms with Gasteiger partial charge in [-0.2, -0.15) is 0 Å². The SMILES string of the molecule is O[C@H]1CC[C@H](O)[C@@H]2CC=CC[C@H]21. The highest BCUT2D eigenvalue weighted by molar-refractivity contribution is 5.00. The summed E-state index contributed by atoms with van der Waals surface area (Å²) in [5.41, 5.74) is 0. The van der Waals surface area contributed by atoms with E-state index < -0.39 is 0 Å². The molecule has 0 aromatic rings. The van der Waals surface area contributed by atoms with E-state index in [-0.39, 0.29) is 12.2 Å². The van der Waals surface area contributed by atoms with Crippen LogP contribution in [0, 0.1) is 11.8 Å². The van der Waals surface area contributed by atoms with Gasteiger partial charge in [-0.1, -0.05) is 12.2 Å². The lowest BCUT2D eigenvalue weighted by Crippen LogP contribution is -2.41. The molecule has 2 rings (SSSR count). The monoisotopic (exact) mass is 168 g/mol. The van der Waals surface area contributed by atoms with Gasteiger partial charge >= 0.3 is 0 Å². The maximum atomic E-state index is 9.68. The second-order valence-corrected chi connectivity index (χ2v) is 3.98. The molecule has 68 valence electrons. The van der Waals surface area contributed by atoms with Gasteiger partial charge in [0, 0.05) is 0 Å². The minimum atomic E-state index is -0.177. The smallest absolute Gasteiger partial charge is 0.0576 e. The maximum absolute atomic E-state index is 9.68. The van der Waals surface area contributed by atoms with E-state index in [1.807, 2.05) is 0 Å². The summed E-state index contributed by atoms with van der Waals surface area (Å²) >= 11 is 0. The number of hydrogen-bond donors (Lipinski definition) is 2. The van der Waals surface area contributed by atoms with E-state index >= 15 is 0 Å². The molecule has 0 unspecified atom stereocenters. The molecule has 0 spiro atoms. The Hall–Kier alpha value is -0.340. The summed E-state index contributed by atoms with van der Waals surface area (Å²) < 4.78 is 0. The van der Waals surface area contributed by atoms with Crippen LogP contribution in [0.2, 0.25) is 0 Å². The van der Waals surface area contributed by atoms with Gasteiger partial charge in [0.2, 0.25) is 0 Å². The zero-order valence-electron chi connectivity index (χ0n) is 7.19. The number of hydrogen-bond acceptors (Lipinski definition) is 2. The molecule has 0 aliphatic heterocycles. The molecule has 2 aliphatic carbocycles. The Morgan fingerprint density at radius 1 is 0.833 bits per heavy atom. The van der Waals surface area contributed by atoms with Gasteiger partial charge in [-0.25, -0.2) is 0 Å². The molecule has 12 heavy (non-hydrogen) atoms. The maximum Gasteiger partial charge on any atom is 0.0576 e. The third kappa shape index (κ3) is 1.29. The van der Waals surface area contributed by atoms with Crippen molar-refractivity contribution in [3.05, 3.63) is 12.2 Å². The summed E-state index contributed by atoms with van der Waals surface area (Å²) in [6, 6.07) is 0. The Morgan fingerprint density at radius 3 is 1.67 bits per heavy atom. The summed E-state index contributed by atoms with van der Waals surface area (Å²) in [7, 11) is 0. The summed E-state index contributed by atoms with van der Waals surface area (Å²) in [4.78, 5) is 0. The molecule has 0 heterocycles. The molecule has 2 nitrogen and oxygen atoms in total. The molecule has 0 aromatic heterocycles. The largest absolute Gasteiger partial charge is 0.393 e. The van der Waals surface area contributed by atoms with Crippen molar-refractivity contribution in [2.75, 3.05) is 0 Å². The predicted octanol–water partition coefficient (Wildman–Crippen LogP) is 1.08. The molecular formula is C10H16O2. The van der Waals surface area contributed by atoms with Gasteiger partial charge < -0.3 is 10.2 Å². The van der Waals surface area contributed by atoms with Gasteiger partial charge in [0.05, 0.1) is 12.2 Å². The Bertz CT molecular complexity index is 168. The van der Waals surface area contributed by atoms with Gasteiger partial charge in [0.25, 0.3) is 0 Å². The highest BCUT2D eigenvalue weighted by Crippen LogP contribution is 2.37. The lowest BCUT2D eigenvalue weighted by molar-refractivity contribution is -0.0436. The first-order valence-electron chi connectivity index (χ1n) is 4.80. The second-order valence-electron chi connectivity index (χ2n) is 3.98. The quantitative estimate of drug-likeness (QED) is 0.531. The van der Waals surface area contributed by atoms with Crippen LogP contribution in [0.15, 0.2) is 12.2 Å². The number of allylic oxidation sites excluding steroid dienone is 2. The van der Waals surface area contributed by atoms with Gasteiger partial charge in [0.1, 0.15) is 0 Å². The van der Waals surface area contributed by atoms with E-state index in [1.165, 1.54) is 0 Å². The van der Waals surface area contributed by atoms with Gasteiger partial charge in [-0.15, -0.1) is 0 Å². The molecule has 4 atom stereocenters. The van der Waals surface area contributed by atoms with Crippen LogP contribution in [0.1, 0.15) is 25.7 Å². The van der Waals surface area contributed by atoms with Crippen molar-refractivity contribution >= 4 is 0 Å². The first-order chi connectivity index (χ1) is 5.79. The molecule has 2 heteroatoms. The van der Waals surface area contributed by atoms with Crippen LogP contribution >= 0.6 is 0 Å². The minimum absolute atomic E-state index is 0.177. The fourth-order valence-electron chi connectivity index (χ4n) is 2.51. The zero-order valence-corrected chi connectivity index (χ0v) is 7.19. The molecule has 0 radical (unpaired) electrons. The van der Waals surface area contributed by atoms with Crippen LogP contribution in [0.25, 0.3) is 0 Å². The van der Waals surface area contributed by atoms with E-state index in [0.717, 1.165) is 25.7 Å². The highest BCUT2D eigenvalue weighted by atomic mass is 16.3.